The second kappa shape index (κ2) is 15.0. The fourth-order valence-corrected chi connectivity index (χ4v) is 6.72. The molecule has 1 unspecified atom stereocenters. The van der Waals surface area contributed by atoms with Crippen LogP contribution in [0.2, 0.25) is 0 Å². The number of hydrogen-bond acceptors (Lipinski definition) is 6. The maximum Gasteiger partial charge on any atom is 0.264 e. The number of ether oxygens (including phenoxy) is 1. The number of anilines is 1. The molecule has 48 heavy (non-hydrogen) atoms. The third-order valence-corrected chi connectivity index (χ3v) is 9.64. The molecule has 8 nitrogen and oxygen atoms in total. The maximum atomic E-state index is 13.9. The van der Waals surface area contributed by atoms with Crippen molar-refractivity contribution in [1.29, 1.82) is 0 Å². The molecular formula is C39H39NO7S. The molecule has 1 amide bonds. The van der Waals surface area contributed by atoms with E-state index in [0.717, 1.165) is 52.0 Å². The summed E-state index contributed by atoms with van der Waals surface area (Å²) in [7, 11) is -4.11. The fourth-order valence-electron chi connectivity index (χ4n) is 6.21. The Labute approximate surface area is 280 Å². The van der Waals surface area contributed by atoms with E-state index in [9.17, 15) is 18.0 Å². The van der Waals surface area contributed by atoms with Crippen molar-refractivity contribution in [1.82, 2.24) is 0 Å². The Morgan fingerprint density at radius 1 is 0.875 bits per heavy atom. The minimum Gasteiger partial charge on any atom is -0.490 e. The van der Waals surface area contributed by atoms with E-state index in [1.165, 1.54) is 19.3 Å². The Morgan fingerprint density at radius 3 is 2.27 bits per heavy atom. The highest BCUT2D eigenvalue weighted by atomic mass is 32.2. The van der Waals surface area contributed by atoms with Crippen LogP contribution in [0.5, 0.6) is 5.75 Å². The molecule has 1 atom stereocenters. The molecule has 1 aliphatic carbocycles. The number of carbonyl (C=O) groups excluding carboxylic acids is 2. The predicted molar refractivity (Wildman–Crippen MR) is 187 cm³/mol. The molecule has 4 aromatic carbocycles. The molecule has 2 N–H and O–H groups in total. The summed E-state index contributed by atoms with van der Waals surface area (Å²) in [6.45, 7) is 0. The normalized spacial score (nSPS) is 14.4. The molecule has 248 valence electrons. The molecular weight excluding hydrogens is 626 g/mol. The van der Waals surface area contributed by atoms with Crippen molar-refractivity contribution in [3.8, 4) is 17.1 Å². The minimum atomic E-state index is -4.11. The van der Waals surface area contributed by atoms with Gasteiger partial charge in [0, 0.05) is 28.6 Å². The second-order valence-corrected chi connectivity index (χ2v) is 14.0. The van der Waals surface area contributed by atoms with E-state index in [0.29, 0.717) is 17.7 Å². The first kappa shape index (κ1) is 33.2. The average molecular weight is 666 g/mol. The van der Waals surface area contributed by atoms with Gasteiger partial charge >= 0.3 is 0 Å². The van der Waals surface area contributed by atoms with Crippen LogP contribution < -0.4 is 10.1 Å². The topological polar surface area (TPSA) is 123 Å². The van der Waals surface area contributed by atoms with Gasteiger partial charge in [-0.15, -0.1) is 0 Å². The van der Waals surface area contributed by atoms with Gasteiger partial charge in [-0.05, 0) is 98.2 Å². The van der Waals surface area contributed by atoms with Crippen LogP contribution >= 0.6 is 0 Å². The summed E-state index contributed by atoms with van der Waals surface area (Å²) >= 11 is 0. The summed E-state index contributed by atoms with van der Waals surface area (Å²) in [5.74, 6) is 0.184. The highest BCUT2D eigenvalue weighted by Crippen LogP contribution is 2.31. The molecule has 0 saturated heterocycles. The standard InChI is InChI=1S/C39H39NO7S/c41-36(10-6-24-48(43,44)45)29-14-12-27(13-15-29)25-35(28-18-22-34(23-19-28)46-33-8-2-1-3-9-33)39(42)40-32-20-16-30(17-21-32)38-26-31-7-4-5-11-37(31)47-38/h4-5,7,11-23,26,33,35H,1-3,6,8-10,24-25H2,(H,40,42)(H,43,44,45). The van der Waals surface area contributed by atoms with Gasteiger partial charge in [0.25, 0.3) is 10.1 Å². The summed E-state index contributed by atoms with van der Waals surface area (Å²) in [6.07, 6.45) is 6.39. The molecule has 1 heterocycles. The molecule has 1 aliphatic rings. The SMILES string of the molecule is O=C(CCCS(=O)(=O)O)c1ccc(CC(C(=O)Nc2ccc(-c3cc4ccccc4o3)cc2)c2ccc(OC3CCCCC3)cc2)cc1. The van der Waals surface area contributed by atoms with Gasteiger partial charge in [0.05, 0.1) is 17.8 Å². The van der Waals surface area contributed by atoms with E-state index in [4.69, 9.17) is 13.7 Å². The molecule has 9 heteroatoms. The van der Waals surface area contributed by atoms with Crippen molar-refractivity contribution < 1.29 is 31.7 Å². The van der Waals surface area contributed by atoms with Crippen molar-refractivity contribution in [3.05, 3.63) is 120 Å². The van der Waals surface area contributed by atoms with Crippen LogP contribution in [0.15, 0.2) is 108 Å². The van der Waals surface area contributed by atoms with Crippen molar-refractivity contribution in [2.75, 3.05) is 11.1 Å². The van der Waals surface area contributed by atoms with Gasteiger partial charge in [0.15, 0.2) is 5.78 Å². The third kappa shape index (κ3) is 8.79. The van der Waals surface area contributed by atoms with Gasteiger partial charge in [0.1, 0.15) is 17.1 Å². The first-order valence-corrected chi connectivity index (χ1v) is 18.0. The number of amides is 1. The van der Waals surface area contributed by atoms with Crippen molar-refractivity contribution in [2.45, 2.75) is 63.4 Å². The lowest BCUT2D eigenvalue weighted by Crippen LogP contribution is -2.23. The lowest BCUT2D eigenvalue weighted by molar-refractivity contribution is -0.117. The Bertz CT molecular complexity index is 1930. The van der Waals surface area contributed by atoms with Crippen molar-refractivity contribution in [3.63, 3.8) is 0 Å². The van der Waals surface area contributed by atoms with Gasteiger partial charge in [0.2, 0.25) is 5.91 Å². The molecule has 0 radical (unpaired) electrons. The molecule has 1 fully saturated rings. The van der Waals surface area contributed by atoms with E-state index in [1.807, 2.05) is 91.0 Å². The zero-order valence-electron chi connectivity index (χ0n) is 26.6. The van der Waals surface area contributed by atoms with Gasteiger partial charge in [-0.1, -0.05) is 61.0 Å². The first-order valence-electron chi connectivity index (χ1n) is 16.4. The van der Waals surface area contributed by atoms with Crippen molar-refractivity contribution >= 4 is 38.5 Å². The Kier molecular flexibility index (Phi) is 10.4. The zero-order chi connectivity index (χ0) is 33.5. The Morgan fingerprint density at radius 2 is 1.58 bits per heavy atom. The number of furan rings is 1. The molecule has 0 spiro atoms. The number of hydrogen-bond donors (Lipinski definition) is 2. The van der Waals surface area contributed by atoms with E-state index in [2.05, 4.69) is 5.32 Å². The number of carbonyl (C=O) groups is 2. The molecule has 0 aliphatic heterocycles. The quantitative estimate of drug-likeness (QED) is 0.0953. The predicted octanol–water partition coefficient (Wildman–Crippen LogP) is 8.63. The van der Waals surface area contributed by atoms with E-state index >= 15 is 0 Å². The number of fused-ring (bicyclic) bond motifs is 1. The minimum absolute atomic E-state index is 0.00851. The number of para-hydroxylation sites is 1. The number of Topliss-reactive ketones (excluding diaryl/α,β-unsaturated/α-hetero) is 1. The number of rotatable bonds is 13. The molecule has 0 bridgehead atoms. The first-order chi connectivity index (χ1) is 23.2. The van der Waals surface area contributed by atoms with Crippen LogP contribution in [0.4, 0.5) is 5.69 Å². The summed E-state index contributed by atoms with van der Waals surface area (Å²) in [4.78, 5) is 26.5. The molecule has 6 rings (SSSR count). The number of benzene rings is 4. The lowest BCUT2D eigenvalue weighted by Gasteiger charge is -2.23. The average Bonchev–Trinajstić information content (AvgIpc) is 3.53. The van der Waals surface area contributed by atoms with Gasteiger partial charge in [-0.3, -0.25) is 14.1 Å². The highest BCUT2D eigenvalue weighted by Gasteiger charge is 2.23. The highest BCUT2D eigenvalue weighted by molar-refractivity contribution is 7.85. The molecule has 1 saturated carbocycles. The maximum absolute atomic E-state index is 13.9. The zero-order valence-corrected chi connectivity index (χ0v) is 27.5. The smallest absolute Gasteiger partial charge is 0.264 e. The summed E-state index contributed by atoms with van der Waals surface area (Å²) < 4.78 is 43.2. The van der Waals surface area contributed by atoms with E-state index in [1.54, 1.807) is 12.1 Å². The van der Waals surface area contributed by atoms with Crippen LogP contribution in [-0.2, 0) is 21.3 Å². The third-order valence-electron chi connectivity index (χ3n) is 8.84. The fraction of sp³-hybridized carbons (Fsp3) is 0.282. The summed E-state index contributed by atoms with van der Waals surface area (Å²) in [6, 6.07) is 32.2. The summed E-state index contributed by atoms with van der Waals surface area (Å²) in [5, 5.41) is 4.11. The van der Waals surface area contributed by atoms with Crippen LogP contribution in [0, 0.1) is 0 Å². The van der Waals surface area contributed by atoms with E-state index < -0.39 is 21.8 Å². The Balaban J connectivity index is 1.17. The number of nitrogens with one attached hydrogen (secondary N) is 1. The van der Waals surface area contributed by atoms with E-state index in [-0.39, 0.29) is 30.6 Å². The molecule has 1 aromatic heterocycles. The largest absolute Gasteiger partial charge is 0.490 e. The van der Waals surface area contributed by atoms with Gasteiger partial charge in [-0.25, -0.2) is 0 Å². The van der Waals surface area contributed by atoms with Crippen LogP contribution in [-0.4, -0.2) is 36.5 Å². The van der Waals surface area contributed by atoms with Crippen LogP contribution in [0.25, 0.3) is 22.3 Å². The Hall–Kier alpha value is -4.73. The van der Waals surface area contributed by atoms with Crippen LogP contribution in [0.3, 0.4) is 0 Å². The van der Waals surface area contributed by atoms with Gasteiger partial charge in [-0.2, -0.15) is 8.42 Å². The lowest BCUT2D eigenvalue weighted by atomic mass is 9.90. The van der Waals surface area contributed by atoms with Gasteiger partial charge < -0.3 is 14.5 Å². The second-order valence-electron chi connectivity index (χ2n) is 12.4. The number of ketones is 1. The summed E-state index contributed by atoms with van der Waals surface area (Å²) in [5.41, 5.74) is 4.54. The monoisotopic (exact) mass is 665 g/mol. The van der Waals surface area contributed by atoms with Crippen LogP contribution in [0.1, 0.15) is 72.3 Å². The molecule has 5 aromatic rings. The van der Waals surface area contributed by atoms with Crippen molar-refractivity contribution in [2.24, 2.45) is 0 Å².